The van der Waals surface area contributed by atoms with Crippen LogP contribution in [0.5, 0.6) is 0 Å². The van der Waals surface area contributed by atoms with E-state index < -0.39 is 35.1 Å². The van der Waals surface area contributed by atoms with Crippen LogP contribution in [0, 0.1) is 5.41 Å². The van der Waals surface area contributed by atoms with Crippen LogP contribution >= 0.6 is 0 Å². The molecule has 0 saturated carbocycles. The monoisotopic (exact) mass is 355 g/mol. The van der Waals surface area contributed by atoms with E-state index in [1.807, 2.05) is 11.8 Å². The number of anilines is 1. The second-order valence-electron chi connectivity index (χ2n) is 7.31. The van der Waals surface area contributed by atoms with Crippen LogP contribution in [0.4, 0.5) is 5.69 Å². The Morgan fingerprint density at radius 3 is 2.46 bits per heavy atom. The molecule has 1 unspecified atom stereocenters. The van der Waals surface area contributed by atoms with E-state index in [0.717, 1.165) is 16.9 Å². The second-order valence-corrected chi connectivity index (χ2v) is 7.31. The van der Waals surface area contributed by atoms with Crippen molar-refractivity contribution in [2.75, 3.05) is 18.0 Å². The van der Waals surface area contributed by atoms with Crippen LogP contribution in [0.15, 0.2) is 18.2 Å². The summed E-state index contributed by atoms with van der Waals surface area (Å²) in [7, 11) is 0. The first-order valence-electron chi connectivity index (χ1n) is 8.40. The largest absolute Gasteiger partial charge is 0.369 e. The molecule has 26 heavy (non-hydrogen) atoms. The van der Waals surface area contributed by atoms with Crippen molar-refractivity contribution in [3.8, 4) is 0 Å². The standard InChI is InChI=1S/C18H17N3O5/c1-18(9-22)7-20(8-18)10-2-3-11-12(6-10)17(26)21(16(11)25)13-4-5-14(23)19-15(13)24/h2-3,6,9,13H,4-5,7-8H2,1H3,(H,19,23,24). The number of carbonyl (C=O) groups is 5. The van der Waals surface area contributed by atoms with Gasteiger partial charge in [-0.1, -0.05) is 0 Å². The van der Waals surface area contributed by atoms with Crippen molar-refractivity contribution >= 4 is 35.6 Å². The number of nitrogens with one attached hydrogen (secondary N) is 1. The Kier molecular flexibility index (Phi) is 3.47. The maximum absolute atomic E-state index is 12.8. The quantitative estimate of drug-likeness (QED) is 0.610. The molecule has 3 aliphatic rings. The van der Waals surface area contributed by atoms with Gasteiger partial charge in [0.05, 0.1) is 16.5 Å². The third-order valence-electron chi connectivity index (χ3n) is 5.18. The summed E-state index contributed by atoms with van der Waals surface area (Å²) in [5.74, 6) is -2.07. The van der Waals surface area contributed by atoms with E-state index in [1.165, 1.54) is 0 Å². The molecule has 2 saturated heterocycles. The van der Waals surface area contributed by atoms with Crippen molar-refractivity contribution in [2.45, 2.75) is 25.8 Å². The third-order valence-corrected chi connectivity index (χ3v) is 5.18. The zero-order valence-electron chi connectivity index (χ0n) is 14.2. The van der Waals surface area contributed by atoms with Crippen LogP contribution in [0.3, 0.4) is 0 Å². The van der Waals surface area contributed by atoms with Crippen molar-refractivity contribution in [1.29, 1.82) is 0 Å². The fraction of sp³-hybridized carbons (Fsp3) is 0.389. The molecule has 0 aliphatic carbocycles. The van der Waals surface area contributed by atoms with E-state index in [9.17, 15) is 24.0 Å². The number of piperidine rings is 1. The van der Waals surface area contributed by atoms with Crippen molar-refractivity contribution in [2.24, 2.45) is 5.41 Å². The smallest absolute Gasteiger partial charge is 0.262 e. The summed E-state index contributed by atoms with van der Waals surface area (Å²) in [6, 6.07) is 3.98. The molecule has 0 radical (unpaired) electrons. The Bertz CT molecular complexity index is 872. The van der Waals surface area contributed by atoms with Gasteiger partial charge in [-0.3, -0.25) is 29.4 Å². The van der Waals surface area contributed by atoms with Crippen LogP contribution in [-0.4, -0.2) is 53.9 Å². The molecular formula is C18H17N3O5. The molecule has 4 amide bonds. The van der Waals surface area contributed by atoms with Gasteiger partial charge in [0.15, 0.2) is 0 Å². The van der Waals surface area contributed by atoms with Gasteiger partial charge in [0, 0.05) is 25.2 Å². The summed E-state index contributed by atoms with van der Waals surface area (Å²) >= 11 is 0. The van der Waals surface area contributed by atoms with E-state index >= 15 is 0 Å². The molecule has 0 spiro atoms. The maximum atomic E-state index is 12.8. The highest BCUT2D eigenvalue weighted by Gasteiger charge is 2.45. The normalized spacial score (nSPS) is 24.3. The fourth-order valence-corrected chi connectivity index (χ4v) is 3.74. The van der Waals surface area contributed by atoms with Crippen molar-refractivity contribution in [3.05, 3.63) is 29.3 Å². The highest BCUT2D eigenvalue weighted by Crippen LogP contribution is 2.35. The number of aldehydes is 1. The van der Waals surface area contributed by atoms with Gasteiger partial charge in [-0.25, -0.2) is 0 Å². The zero-order valence-corrected chi connectivity index (χ0v) is 14.2. The molecule has 8 heteroatoms. The molecule has 1 aromatic carbocycles. The van der Waals surface area contributed by atoms with Crippen molar-refractivity contribution in [1.82, 2.24) is 10.2 Å². The average Bonchev–Trinajstić information content (AvgIpc) is 2.83. The zero-order chi connectivity index (χ0) is 18.6. The predicted octanol–water partition coefficient (Wildman–Crippen LogP) is 0.113. The van der Waals surface area contributed by atoms with Crippen LogP contribution in [-0.2, 0) is 14.4 Å². The van der Waals surface area contributed by atoms with Gasteiger partial charge >= 0.3 is 0 Å². The number of carbonyl (C=O) groups excluding carboxylic acids is 5. The van der Waals surface area contributed by atoms with E-state index in [0.29, 0.717) is 13.1 Å². The molecule has 3 aliphatic heterocycles. The van der Waals surface area contributed by atoms with Crippen molar-refractivity contribution in [3.63, 3.8) is 0 Å². The van der Waals surface area contributed by atoms with Crippen LogP contribution in [0.1, 0.15) is 40.5 Å². The summed E-state index contributed by atoms with van der Waals surface area (Å²) in [5, 5.41) is 2.17. The molecule has 1 atom stereocenters. The lowest BCUT2D eigenvalue weighted by Gasteiger charge is -2.46. The van der Waals surface area contributed by atoms with Gasteiger partial charge in [0.1, 0.15) is 12.3 Å². The van der Waals surface area contributed by atoms with Gasteiger partial charge < -0.3 is 9.69 Å². The Morgan fingerprint density at radius 2 is 1.81 bits per heavy atom. The molecule has 0 bridgehead atoms. The maximum Gasteiger partial charge on any atom is 0.262 e. The van der Waals surface area contributed by atoms with E-state index in [4.69, 9.17) is 0 Å². The van der Waals surface area contributed by atoms with Gasteiger partial charge in [0.2, 0.25) is 11.8 Å². The second kappa shape index (κ2) is 5.48. The molecule has 2 fully saturated rings. The van der Waals surface area contributed by atoms with E-state index in [2.05, 4.69) is 5.32 Å². The molecule has 134 valence electrons. The molecular weight excluding hydrogens is 338 g/mol. The number of hydrogen-bond donors (Lipinski definition) is 1. The first kappa shape index (κ1) is 16.4. The van der Waals surface area contributed by atoms with Gasteiger partial charge in [-0.15, -0.1) is 0 Å². The highest BCUT2D eigenvalue weighted by molar-refractivity contribution is 6.23. The van der Waals surface area contributed by atoms with E-state index in [1.54, 1.807) is 18.2 Å². The summed E-state index contributed by atoms with van der Waals surface area (Å²) < 4.78 is 0. The number of hydrogen-bond acceptors (Lipinski definition) is 6. The topological polar surface area (TPSA) is 104 Å². The van der Waals surface area contributed by atoms with E-state index in [-0.39, 0.29) is 24.0 Å². The molecule has 1 N–H and O–H groups in total. The summed E-state index contributed by atoms with van der Waals surface area (Å²) in [4.78, 5) is 62.7. The van der Waals surface area contributed by atoms with Gasteiger partial charge in [-0.05, 0) is 31.5 Å². The van der Waals surface area contributed by atoms with Gasteiger partial charge in [0.25, 0.3) is 11.8 Å². The Morgan fingerprint density at radius 1 is 1.12 bits per heavy atom. The van der Waals surface area contributed by atoms with Crippen LogP contribution in [0.25, 0.3) is 0 Å². The van der Waals surface area contributed by atoms with Gasteiger partial charge in [-0.2, -0.15) is 0 Å². The average molecular weight is 355 g/mol. The number of benzene rings is 1. The summed E-state index contributed by atoms with van der Waals surface area (Å²) in [5.41, 5.74) is 0.866. The lowest BCUT2D eigenvalue weighted by atomic mass is 9.83. The molecule has 3 heterocycles. The molecule has 1 aromatic rings. The van der Waals surface area contributed by atoms with Crippen LogP contribution in [0.2, 0.25) is 0 Å². The Labute approximate surface area is 149 Å². The van der Waals surface area contributed by atoms with Crippen LogP contribution < -0.4 is 10.2 Å². The van der Waals surface area contributed by atoms with Crippen molar-refractivity contribution < 1.29 is 24.0 Å². The SMILES string of the molecule is CC1(C=O)CN(c2ccc3c(c2)C(=O)N(C2CCC(=O)NC2=O)C3=O)C1. The lowest BCUT2D eigenvalue weighted by molar-refractivity contribution is -0.136. The predicted molar refractivity (Wildman–Crippen MR) is 89.5 cm³/mol. The fourth-order valence-electron chi connectivity index (χ4n) is 3.74. The highest BCUT2D eigenvalue weighted by atomic mass is 16.2. The minimum Gasteiger partial charge on any atom is -0.369 e. The Hall–Kier alpha value is -3.03. The summed E-state index contributed by atoms with van der Waals surface area (Å²) in [6.07, 6.45) is 1.15. The number of imide groups is 2. The molecule has 4 rings (SSSR count). The minimum absolute atomic E-state index is 0.0904. The molecule has 0 aromatic heterocycles. The minimum atomic E-state index is -0.967. The number of fused-ring (bicyclic) bond motifs is 1. The molecule has 8 nitrogen and oxygen atoms in total. The number of rotatable bonds is 3. The Balaban J connectivity index is 1.60. The third kappa shape index (κ3) is 2.33. The first-order chi connectivity index (χ1) is 12.3. The first-order valence-corrected chi connectivity index (χ1v) is 8.40. The lowest BCUT2D eigenvalue weighted by Crippen LogP contribution is -2.55. The number of nitrogens with zero attached hydrogens (tertiary/aromatic N) is 2. The summed E-state index contributed by atoms with van der Waals surface area (Å²) in [6.45, 7) is 2.96. The number of amides is 4.